The van der Waals surface area contributed by atoms with Gasteiger partial charge >= 0.3 is 0 Å². The van der Waals surface area contributed by atoms with Crippen molar-refractivity contribution in [1.29, 1.82) is 0 Å². The van der Waals surface area contributed by atoms with Crippen molar-refractivity contribution < 1.29 is 0 Å². The largest absolute Gasteiger partial charge is 0.276 e. The molecule has 1 aromatic heterocycles. The zero-order valence-electron chi connectivity index (χ0n) is 7.96. The van der Waals surface area contributed by atoms with Gasteiger partial charge < -0.3 is 0 Å². The first-order valence-corrected chi connectivity index (χ1v) is 5.31. The summed E-state index contributed by atoms with van der Waals surface area (Å²) in [5, 5.41) is 4.17. The summed E-state index contributed by atoms with van der Waals surface area (Å²) in [6.45, 7) is 0. The van der Waals surface area contributed by atoms with E-state index >= 15 is 0 Å². The summed E-state index contributed by atoms with van der Waals surface area (Å²) in [5.41, 5.74) is 1.72. The summed E-state index contributed by atoms with van der Waals surface area (Å²) in [6, 6.07) is 0. The van der Waals surface area contributed by atoms with Gasteiger partial charge in [-0.3, -0.25) is 4.68 Å². The van der Waals surface area contributed by atoms with Crippen LogP contribution in [0, 0.1) is 5.41 Å². The minimum absolute atomic E-state index is 0.393. The third kappa shape index (κ3) is 1.73. The number of aryl methyl sites for hydroxylation is 1. The average molecular weight is 199 g/mol. The number of halogens is 1. The third-order valence-corrected chi connectivity index (χ3v) is 3.60. The van der Waals surface area contributed by atoms with Gasteiger partial charge in [0.25, 0.3) is 0 Å². The molecule has 0 radical (unpaired) electrons. The lowest BCUT2D eigenvalue weighted by Crippen LogP contribution is -2.33. The second-order valence-corrected chi connectivity index (χ2v) is 4.45. The summed E-state index contributed by atoms with van der Waals surface area (Å²) < 4.78 is 1.86. The highest BCUT2D eigenvalue weighted by Gasteiger charge is 2.36. The molecule has 1 aliphatic rings. The van der Waals surface area contributed by atoms with E-state index in [4.69, 9.17) is 11.6 Å². The highest BCUT2D eigenvalue weighted by molar-refractivity contribution is 6.18. The van der Waals surface area contributed by atoms with E-state index < -0.39 is 0 Å². The highest BCUT2D eigenvalue weighted by Crippen LogP contribution is 2.44. The van der Waals surface area contributed by atoms with Gasteiger partial charge in [-0.05, 0) is 30.2 Å². The predicted octanol–water partition coefficient (Wildman–Crippen LogP) is 2.37. The van der Waals surface area contributed by atoms with Crippen LogP contribution in [0.2, 0.25) is 0 Å². The van der Waals surface area contributed by atoms with Crippen LogP contribution in [-0.4, -0.2) is 15.7 Å². The summed E-state index contributed by atoms with van der Waals surface area (Å²) in [5.74, 6) is 0.794. The van der Waals surface area contributed by atoms with Gasteiger partial charge in [-0.25, -0.2) is 0 Å². The lowest BCUT2D eigenvalue weighted by molar-refractivity contribution is 0.166. The quantitative estimate of drug-likeness (QED) is 0.682. The maximum Gasteiger partial charge on any atom is 0.0521 e. The molecule has 0 spiro atoms. The van der Waals surface area contributed by atoms with Crippen molar-refractivity contribution in [1.82, 2.24) is 9.78 Å². The van der Waals surface area contributed by atoms with Gasteiger partial charge in [-0.2, -0.15) is 5.10 Å². The van der Waals surface area contributed by atoms with Crippen LogP contribution in [0.4, 0.5) is 0 Å². The summed E-state index contributed by atoms with van der Waals surface area (Å²) in [4.78, 5) is 0. The molecule has 0 unspecified atom stereocenters. The minimum atomic E-state index is 0.393. The maximum atomic E-state index is 5.99. The van der Waals surface area contributed by atoms with E-state index in [1.807, 2.05) is 17.9 Å². The van der Waals surface area contributed by atoms with E-state index in [-0.39, 0.29) is 0 Å². The second-order valence-electron chi connectivity index (χ2n) is 4.19. The molecule has 1 saturated carbocycles. The van der Waals surface area contributed by atoms with E-state index in [9.17, 15) is 0 Å². The Bertz CT molecular complexity index is 283. The Kier molecular flexibility index (Phi) is 2.33. The van der Waals surface area contributed by atoms with Crippen LogP contribution < -0.4 is 0 Å². The molecule has 0 aromatic carbocycles. The van der Waals surface area contributed by atoms with E-state index in [1.165, 1.54) is 24.8 Å². The number of hydrogen-bond donors (Lipinski definition) is 0. The van der Waals surface area contributed by atoms with Crippen LogP contribution in [0.15, 0.2) is 12.4 Å². The number of alkyl halides is 1. The van der Waals surface area contributed by atoms with Crippen LogP contribution in [0.1, 0.15) is 24.8 Å². The normalized spacial score (nSPS) is 19.8. The zero-order chi connectivity index (χ0) is 9.31. The standard InChI is InChI=1S/C10H15ClN2/c1-13-7-9(6-12-13)5-10(8-11)3-2-4-10/h6-7H,2-5,8H2,1H3. The van der Waals surface area contributed by atoms with Crippen LogP contribution in [0.3, 0.4) is 0 Å². The van der Waals surface area contributed by atoms with E-state index in [1.54, 1.807) is 0 Å². The van der Waals surface area contributed by atoms with Crippen LogP contribution >= 0.6 is 11.6 Å². The van der Waals surface area contributed by atoms with Gasteiger partial charge in [0.15, 0.2) is 0 Å². The second kappa shape index (κ2) is 3.33. The molecule has 0 saturated heterocycles. The molecule has 0 amide bonds. The molecule has 1 fully saturated rings. The Hall–Kier alpha value is -0.500. The fourth-order valence-corrected chi connectivity index (χ4v) is 2.39. The Morgan fingerprint density at radius 2 is 2.38 bits per heavy atom. The summed E-state index contributed by atoms with van der Waals surface area (Å²) in [7, 11) is 1.96. The number of aromatic nitrogens is 2. The van der Waals surface area contributed by atoms with Gasteiger partial charge in [-0.15, -0.1) is 11.6 Å². The molecule has 2 rings (SSSR count). The maximum absolute atomic E-state index is 5.99. The SMILES string of the molecule is Cn1cc(CC2(CCl)CCC2)cn1. The van der Waals surface area contributed by atoms with Crippen molar-refractivity contribution in [2.75, 3.05) is 5.88 Å². The number of nitrogens with zero attached hydrogens (tertiary/aromatic N) is 2. The van der Waals surface area contributed by atoms with Crippen molar-refractivity contribution in [2.45, 2.75) is 25.7 Å². The molecular formula is C10H15ClN2. The van der Waals surface area contributed by atoms with Crippen LogP contribution in [-0.2, 0) is 13.5 Å². The first-order valence-electron chi connectivity index (χ1n) is 4.78. The first-order chi connectivity index (χ1) is 6.24. The lowest BCUT2D eigenvalue weighted by Gasteiger charge is -2.40. The summed E-state index contributed by atoms with van der Waals surface area (Å²) >= 11 is 5.99. The number of rotatable bonds is 3. The molecule has 0 N–H and O–H groups in total. The Morgan fingerprint density at radius 3 is 2.77 bits per heavy atom. The van der Waals surface area contributed by atoms with Gasteiger partial charge in [0.2, 0.25) is 0 Å². The van der Waals surface area contributed by atoms with Crippen molar-refractivity contribution in [2.24, 2.45) is 12.5 Å². The third-order valence-electron chi connectivity index (χ3n) is 3.04. The van der Waals surface area contributed by atoms with Crippen molar-refractivity contribution in [3.05, 3.63) is 18.0 Å². The predicted molar refractivity (Wildman–Crippen MR) is 53.9 cm³/mol. The monoisotopic (exact) mass is 198 g/mol. The molecule has 3 heteroatoms. The first kappa shape index (κ1) is 9.07. The molecule has 0 atom stereocenters. The van der Waals surface area contributed by atoms with E-state index in [2.05, 4.69) is 11.3 Å². The Balaban J connectivity index is 2.04. The molecular weight excluding hydrogens is 184 g/mol. The van der Waals surface area contributed by atoms with E-state index in [0.717, 1.165) is 12.3 Å². The zero-order valence-corrected chi connectivity index (χ0v) is 8.72. The molecule has 0 bridgehead atoms. The fraction of sp³-hybridized carbons (Fsp3) is 0.700. The summed E-state index contributed by atoms with van der Waals surface area (Å²) in [6.07, 6.45) is 9.05. The Morgan fingerprint density at radius 1 is 1.62 bits per heavy atom. The molecule has 0 aliphatic heterocycles. The fourth-order valence-electron chi connectivity index (χ4n) is 2.03. The van der Waals surface area contributed by atoms with Gasteiger partial charge in [0.1, 0.15) is 0 Å². The molecule has 2 nitrogen and oxygen atoms in total. The van der Waals surface area contributed by atoms with Gasteiger partial charge in [0.05, 0.1) is 6.20 Å². The van der Waals surface area contributed by atoms with Crippen LogP contribution in [0.25, 0.3) is 0 Å². The van der Waals surface area contributed by atoms with Crippen molar-refractivity contribution >= 4 is 11.6 Å². The average Bonchev–Trinajstić information content (AvgIpc) is 2.44. The van der Waals surface area contributed by atoms with Gasteiger partial charge in [-0.1, -0.05) is 6.42 Å². The molecule has 1 heterocycles. The van der Waals surface area contributed by atoms with Gasteiger partial charge in [0, 0.05) is 19.1 Å². The van der Waals surface area contributed by atoms with E-state index in [0.29, 0.717) is 5.41 Å². The molecule has 1 aliphatic carbocycles. The van der Waals surface area contributed by atoms with Crippen molar-refractivity contribution in [3.8, 4) is 0 Å². The molecule has 1 aromatic rings. The number of hydrogen-bond acceptors (Lipinski definition) is 1. The lowest BCUT2D eigenvalue weighted by atomic mass is 9.67. The highest BCUT2D eigenvalue weighted by atomic mass is 35.5. The molecule has 72 valence electrons. The minimum Gasteiger partial charge on any atom is -0.276 e. The smallest absolute Gasteiger partial charge is 0.0521 e. The van der Waals surface area contributed by atoms with Crippen LogP contribution in [0.5, 0.6) is 0 Å². The Labute approximate surface area is 83.9 Å². The van der Waals surface area contributed by atoms with Crippen molar-refractivity contribution in [3.63, 3.8) is 0 Å². The topological polar surface area (TPSA) is 17.8 Å². The molecule has 13 heavy (non-hydrogen) atoms.